The number of rotatable bonds is 4. The summed E-state index contributed by atoms with van der Waals surface area (Å²) in [5.41, 5.74) is -3.15. The number of piperazine rings is 1. The van der Waals surface area contributed by atoms with Crippen LogP contribution in [0.2, 0.25) is 5.02 Å². The molecule has 1 spiro atoms. The van der Waals surface area contributed by atoms with Crippen molar-refractivity contribution >= 4 is 34.2 Å². The van der Waals surface area contributed by atoms with Crippen molar-refractivity contribution in [2.45, 2.75) is 43.2 Å². The number of fused-ring (bicyclic) bond motifs is 2. The van der Waals surface area contributed by atoms with E-state index in [0.717, 1.165) is 25.1 Å². The average molecular weight is 667 g/mol. The summed E-state index contributed by atoms with van der Waals surface area (Å²) in [6.45, 7) is 7.00. The summed E-state index contributed by atoms with van der Waals surface area (Å²) in [4.78, 5) is 30.7. The van der Waals surface area contributed by atoms with Gasteiger partial charge in [0, 0.05) is 44.0 Å². The second-order valence-electron chi connectivity index (χ2n) is 11.8. The van der Waals surface area contributed by atoms with Crippen molar-refractivity contribution in [1.29, 1.82) is 0 Å². The van der Waals surface area contributed by atoms with Crippen LogP contribution in [0, 0.1) is 5.82 Å². The maximum absolute atomic E-state index is 15.8. The zero-order chi connectivity index (χ0) is 32.8. The minimum absolute atomic E-state index is 0.177. The number of carbonyl (C=O) groups excluding carboxylic acids is 1. The number of carbonyl (C=O) groups is 1. The van der Waals surface area contributed by atoms with Gasteiger partial charge in [-0.1, -0.05) is 30.3 Å². The van der Waals surface area contributed by atoms with E-state index in [9.17, 15) is 22.4 Å². The Labute approximate surface area is 266 Å². The molecule has 4 aliphatic rings. The van der Waals surface area contributed by atoms with Gasteiger partial charge in [-0.05, 0) is 37.9 Å². The third-order valence-corrected chi connectivity index (χ3v) is 9.29. The summed E-state index contributed by atoms with van der Waals surface area (Å²) in [6, 6.07) is 3.90. The van der Waals surface area contributed by atoms with E-state index in [4.69, 9.17) is 21.1 Å². The molecule has 4 saturated heterocycles. The van der Waals surface area contributed by atoms with Gasteiger partial charge < -0.3 is 19.3 Å². The number of halogens is 6. The number of benzene rings is 1. The van der Waals surface area contributed by atoms with E-state index in [2.05, 4.69) is 26.4 Å². The number of aromatic nitrogens is 3. The molecule has 46 heavy (non-hydrogen) atoms. The molecule has 0 aliphatic carbocycles. The monoisotopic (exact) mass is 666 g/mol. The smallest absolute Gasteiger partial charge is 0.418 e. The molecule has 2 aromatic heterocycles. The van der Waals surface area contributed by atoms with Crippen molar-refractivity contribution in [2.24, 2.45) is 0 Å². The largest absolute Gasteiger partial charge is 0.467 e. The molecule has 2 atom stereocenters. The highest BCUT2D eigenvalue weighted by molar-refractivity contribution is 6.31. The van der Waals surface area contributed by atoms with Gasteiger partial charge in [0.15, 0.2) is 5.82 Å². The third kappa shape index (κ3) is 5.86. The number of hydrogen-bond acceptors (Lipinski definition) is 8. The Bertz CT molecular complexity index is 1640. The first-order chi connectivity index (χ1) is 22.0. The van der Waals surface area contributed by atoms with Gasteiger partial charge in [0.2, 0.25) is 5.91 Å². The number of methoxy groups -OCH3 is 1. The highest BCUT2D eigenvalue weighted by Crippen LogP contribution is 2.43. The van der Waals surface area contributed by atoms with E-state index in [1.807, 2.05) is 4.90 Å². The highest BCUT2D eigenvalue weighted by atomic mass is 35.5. The van der Waals surface area contributed by atoms with Crippen LogP contribution in [0.15, 0.2) is 37.1 Å². The van der Waals surface area contributed by atoms with Crippen molar-refractivity contribution in [3.63, 3.8) is 0 Å². The van der Waals surface area contributed by atoms with Crippen LogP contribution in [-0.2, 0) is 15.7 Å². The standard InChI is InChI=1S/C24H20ClF4N5O3.C7H12FN/c1-3-16(35)34-8-7-33(10-23(34)11-37-12-23)21-14-9-30-19(18(26)20(14)31-22(32-21)36-2)13-5-4-6-15(25)17(13)24(27,28)29;8-6-4-7-2-1-3-9(7)5-6/h3-6,9H,1,7-8,10-12H2,2H3;6-7H,1-5H2. The molecule has 0 bridgehead atoms. The van der Waals surface area contributed by atoms with Crippen LogP contribution < -0.4 is 9.64 Å². The number of nitrogens with zero attached hydrogens (tertiary/aromatic N) is 6. The first kappa shape index (κ1) is 32.3. The molecule has 3 aromatic rings. The molecule has 4 aliphatic heterocycles. The first-order valence-corrected chi connectivity index (χ1v) is 15.2. The molecule has 9 nitrogen and oxygen atoms in total. The minimum Gasteiger partial charge on any atom is -0.467 e. The van der Waals surface area contributed by atoms with Gasteiger partial charge >= 0.3 is 12.2 Å². The van der Waals surface area contributed by atoms with Crippen molar-refractivity contribution in [2.75, 3.05) is 57.9 Å². The summed E-state index contributed by atoms with van der Waals surface area (Å²) >= 11 is 5.83. The minimum atomic E-state index is -4.84. The number of amides is 1. The zero-order valence-corrected chi connectivity index (χ0v) is 25.8. The lowest BCUT2D eigenvalue weighted by molar-refractivity contribution is -0.164. The number of anilines is 1. The Hall–Kier alpha value is -3.62. The van der Waals surface area contributed by atoms with Crippen molar-refractivity contribution < 1.29 is 36.2 Å². The lowest BCUT2D eigenvalue weighted by Crippen LogP contribution is -2.72. The zero-order valence-electron chi connectivity index (χ0n) is 25.0. The van der Waals surface area contributed by atoms with Crippen molar-refractivity contribution in [3.05, 3.63) is 53.5 Å². The average Bonchev–Trinajstić information content (AvgIpc) is 3.60. The van der Waals surface area contributed by atoms with E-state index in [1.165, 1.54) is 38.3 Å². The topological polar surface area (TPSA) is 83.9 Å². The fourth-order valence-electron chi connectivity index (χ4n) is 6.78. The van der Waals surface area contributed by atoms with E-state index in [-0.39, 0.29) is 28.6 Å². The Morgan fingerprint density at radius 1 is 1.22 bits per heavy atom. The van der Waals surface area contributed by atoms with Gasteiger partial charge in [0.1, 0.15) is 28.7 Å². The molecule has 1 aromatic carbocycles. The Morgan fingerprint density at radius 3 is 2.65 bits per heavy atom. The van der Waals surface area contributed by atoms with Crippen molar-refractivity contribution in [1.82, 2.24) is 24.8 Å². The summed E-state index contributed by atoms with van der Waals surface area (Å²) in [6.07, 6.45) is 0.444. The molecule has 0 N–H and O–H groups in total. The number of ether oxygens (including phenoxy) is 2. The van der Waals surface area contributed by atoms with Gasteiger partial charge in [-0.3, -0.25) is 14.7 Å². The maximum atomic E-state index is 15.8. The summed E-state index contributed by atoms with van der Waals surface area (Å²) < 4.78 is 80.3. The van der Waals surface area contributed by atoms with Gasteiger partial charge in [-0.2, -0.15) is 23.1 Å². The van der Waals surface area contributed by atoms with Crippen LogP contribution in [0.4, 0.5) is 27.8 Å². The molecule has 6 heterocycles. The van der Waals surface area contributed by atoms with Gasteiger partial charge in [-0.25, -0.2) is 8.78 Å². The normalized spacial score (nSPS) is 22.3. The Morgan fingerprint density at radius 2 is 2.00 bits per heavy atom. The van der Waals surface area contributed by atoms with Crippen LogP contribution in [0.25, 0.3) is 22.2 Å². The molecule has 0 radical (unpaired) electrons. The van der Waals surface area contributed by atoms with Crippen LogP contribution in [0.5, 0.6) is 6.01 Å². The predicted molar refractivity (Wildman–Crippen MR) is 161 cm³/mol. The maximum Gasteiger partial charge on any atom is 0.418 e. The van der Waals surface area contributed by atoms with Crippen LogP contribution >= 0.6 is 11.6 Å². The fraction of sp³-hybridized carbons (Fsp3) is 0.484. The van der Waals surface area contributed by atoms with Gasteiger partial charge in [0.25, 0.3) is 0 Å². The number of pyridine rings is 1. The lowest BCUT2D eigenvalue weighted by Gasteiger charge is -2.55. The van der Waals surface area contributed by atoms with E-state index in [0.29, 0.717) is 45.4 Å². The van der Waals surface area contributed by atoms with Crippen LogP contribution in [0.1, 0.15) is 24.8 Å². The summed E-state index contributed by atoms with van der Waals surface area (Å²) in [5.74, 6) is -1.03. The van der Waals surface area contributed by atoms with Gasteiger partial charge in [0.05, 0.1) is 36.3 Å². The van der Waals surface area contributed by atoms with E-state index in [1.54, 1.807) is 4.90 Å². The molecular formula is C31H32ClF5N6O3. The van der Waals surface area contributed by atoms with E-state index < -0.39 is 45.5 Å². The van der Waals surface area contributed by atoms with Gasteiger partial charge in [-0.15, -0.1) is 0 Å². The highest BCUT2D eigenvalue weighted by Gasteiger charge is 2.50. The molecule has 2 unspecified atom stereocenters. The molecule has 246 valence electrons. The predicted octanol–water partition coefficient (Wildman–Crippen LogP) is 5.31. The summed E-state index contributed by atoms with van der Waals surface area (Å²) in [5, 5.41) is -0.399. The molecule has 4 fully saturated rings. The van der Waals surface area contributed by atoms with Crippen molar-refractivity contribution in [3.8, 4) is 17.3 Å². The second-order valence-corrected chi connectivity index (χ2v) is 12.2. The fourth-order valence-corrected chi connectivity index (χ4v) is 7.06. The number of alkyl halides is 4. The Balaban J connectivity index is 0.000000352. The van der Waals surface area contributed by atoms with E-state index >= 15 is 4.39 Å². The molecular weight excluding hydrogens is 635 g/mol. The molecule has 15 heteroatoms. The molecule has 0 saturated carbocycles. The first-order valence-electron chi connectivity index (χ1n) is 14.9. The second kappa shape index (κ2) is 12.5. The quantitative estimate of drug-likeness (QED) is 0.274. The third-order valence-electron chi connectivity index (χ3n) is 8.97. The van der Waals surface area contributed by atoms with Crippen LogP contribution in [0.3, 0.4) is 0 Å². The Kier molecular flexibility index (Phi) is 8.81. The van der Waals surface area contributed by atoms with Crippen LogP contribution in [-0.4, -0.2) is 101 Å². The number of hydrogen-bond donors (Lipinski definition) is 0. The SMILES string of the molecule is C=CC(=O)N1CCN(c2nc(OC)nc3c(F)c(-c4cccc(Cl)c4C(F)(F)F)ncc23)CC12COC2.FC1CC2CCCN2C1. The lowest BCUT2D eigenvalue weighted by atomic mass is 9.91. The molecule has 1 amide bonds. The molecule has 7 rings (SSSR count). The summed E-state index contributed by atoms with van der Waals surface area (Å²) in [7, 11) is 1.30.